The molecule has 0 aliphatic heterocycles. The molecular weight excluding hydrogens is 272 g/mol. The van der Waals surface area contributed by atoms with E-state index in [1.54, 1.807) is 12.1 Å². The van der Waals surface area contributed by atoms with Crippen molar-refractivity contribution < 1.29 is 4.42 Å². The highest BCUT2D eigenvalue weighted by Gasteiger charge is 2.06. The van der Waals surface area contributed by atoms with Crippen molar-refractivity contribution in [2.45, 2.75) is 0 Å². The van der Waals surface area contributed by atoms with Gasteiger partial charge in [-0.1, -0.05) is 40.8 Å². The standard InChI is InChI=1S/C16H9ClN2O/c17-14-9-7-13(8-10-14)16-19-18-15(20-16)11-6-12-4-2-1-3-5-12/h1-5,7-10H. The Balaban J connectivity index is 1.84. The van der Waals surface area contributed by atoms with Gasteiger partial charge in [-0.05, 0) is 42.3 Å². The molecule has 96 valence electrons. The SMILES string of the molecule is Clc1ccc(-c2nnc(C#Cc3ccccc3)o2)cc1. The van der Waals surface area contributed by atoms with E-state index in [-0.39, 0.29) is 0 Å². The maximum atomic E-state index is 5.83. The first-order valence-electron chi connectivity index (χ1n) is 5.98. The summed E-state index contributed by atoms with van der Waals surface area (Å²) < 4.78 is 5.49. The Hall–Kier alpha value is -2.57. The quantitative estimate of drug-likeness (QED) is 0.637. The molecule has 4 heteroatoms. The number of aromatic nitrogens is 2. The predicted octanol–water partition coefficient (Wildman–Crippen LogP) is 3.79. The minimum absolute atomic E-state index is 0.291. The molecule has 0 fully saturated rings. The molecule has 2 aromatic carbocycles. The Morgan fingerprint density at radius 1 is 0.850 bits per heavy atom. The third kappa shape index (κ3) is 2.87. The Kier molecular flexibility index (Phi) is 3.49. The lowest BCUT2D eigenvalue weighted by Crippen LogP contribution is -1.76. The van der Waals surface area contributed by atoms with Crippen LogP contribution in [0.3, 0.4) is 0 Å². The smallest absolute Gasteiger partial charge is 0.294 e. The number of rotatable bonds is 1. The topological polar surface area (TPSA) is 38.9 Å². The molecule has 0 bridgehead atoms. The molecule has 1 aromatic heterocycles. The summed E-state index contributed by atoms with van der Waals surface area (Å²) in [5.41, 5.74) is 1.72. The van der Waals surface area contributed by atoms with Crippen LogP contribution in [0, 0.1) is 11.8 Å². The second-order valence-corrected chi connectivity index (χ2v) is 4.47. The summed E-state index contributed by atoms with van der Waals surface area (Å²) >= 11 is 5.83. The van der Waals surface area contributed by atoms with Gasteiger partial charge in [-0.25, -0.2) is 0 Å². The Morgan fingerprint density at radius 3 is 2.35 bits per heavy atom. The van der Waals surface area contributed by atoms with Gasteiger partial charge >= 0.3 is 0 Å². The van der Waals surface area contributed by atoms with Crippen molar-refractivity contribution in [1.82, 2.24) is 10.2 Å². The molecule has 3 rings (SSSR count). The third-order valence-corrected chi connectivity index (χ3v) is 2.86. The highest BCUT2D eigenvalue weighted by molar-refractivity contribution is 6.30. The van der Waals surface area contributed by atoms with E-state index in [2.05, 4.69) is 22.0 Å². The highest BCUT2D eigenvalue weighted by atomic mass is 35.5. The van der Waals surface area contributed by atoms with E-state index in [1.807, 2.05) is 42.5 Å². The summed E-state index contributed by atoms with van der Waals surface area (Å²) in [6.45, 7) is 0. The number of benzene rings is 2. The zero-order valence-corrected chi connectivity index (χ0v) is 11.1. The number of hydrogen-bond donors (Lipinski definition) is 0. The molecule has 0 aliphatic rings. The molecule has 0 N–H and O–H groups in total. The first-order chi connectivity index (χ1) is 9.81. The molecule has 0 saturated carbocycles. The molecule has 20 heavy (non-hydrogen) atoms. The van der Waals surface area contributed by atoms with Crippen LogP contribution in [0.2, 0.25) is 5.02 Å². The average molecular weight is 281 g/mol. The van der Waals surface area contributed by atoms with E-state index in [4.69, 9.17) is 16.0 Å². The summed E-state index contributed by atoms with van der Waals surface area (Å²) in [6.07, 6.45) is 0. The van der Waals surface area contributed by atoms with Gasteiger partial charge in [0, 0.05) is 16.1 Å². The van der Waals surface area contributed by atoms with Gasteiger partial charge < -0.3 is 4.42 Å². The summed E-state index contributed by atoms with van der Waals surface area (Å²) in [5.74, 6) is 6.53. The molecule has 0 atom stereocenters. The molecule has 3 aromatic rings. The van der Waals surface area contributed by atoms with Crippen molar-refractivity contribution >= 4 is 11.6 Å². The molecule has 0 saturated heterocycles. The minimum atomic E-state index is 0.291. The Morgan fingerprint density at radius 2 is 1.60 bits per heavy atom. The molecule has 1 heterocycles. The summed E-state index contributed by atoms with van der Waals surface area (Å²) in [4.78, 5) is 0. The molecular formula is C16H9ClN2O. The van der Waals surface area contributed by atoms with Crippen LogP contribution in [0.1, 0.15) is 11.5 Å². The second-order valence-electron chi connectivity index (χ2n) is 4.04. The van der Waals surface area contributed by atoms with Gasteiger partial charge in [0.15, 0.2) is 0 Å². The van der Waals surface area contributed by atoms with E-state index in [0.29, 0.717) is 16.8 Å². The first kappa shape index (κ1) is 12.5. The third-order valence-electron chi connectivity index (χ3n) is 2.60. The molecule has 0 spiro atoms. The van der Waals surface area contributed by atoms with Gasteiger partial charge in [-0.15, -0.1) is 5.10 Å². The number of hydrogen-bond acceptors (Lipinski definition) is 3. The number of halogens is 1. The van der Waals surface area contributed by atoms with Crippen LogP contribution in [-0.2, 0) is 0 Å². The zero-order chi connectivity index (χ0) is 13.8. The summed E-state index contributed by atoms with van der Waals surface area (Å²) in [7, 11) is 0. The minimum Gasteiger partial charge on any atom is -0.410 e. The van der Waals surface area contributed by atoms with E-state index < -0.39 is 0 Å². The van der Waals surface area contributed by atoms with E-state index in [9.17, 15) is 0 Å². The van der Waals surface area contributed by atoms with Crippen LogP contribution in [-0.4, -0.2) is 10.2 Å². The van der Waals surface area contributed by atoms with Gasteiger partial charge in [0.1, 0.15) is 0 Å². The van der Waals surface area contributed by atoms with Gasteiger partial charge in [-0.2, -0.15) is 0 Å². The van der Waals surface area contributed by atoms with Crippen molar-refractivity contribution in [3.63, 3.8) is 0 Å². The normalized spacial score (nSPS) is 9.85. The van der Waals surface area contributed by atoms with Crippen molar-refractivity contribution in [1.29, 1.82) is 0 Å². The maximum Gasteiger partial charge on any atom is 0.294 e. The number of nitrogens with zero attached hydrogens (tertiary/aromatic N) is 2. The Labute approximate surface area is 121 Å². The summed E-state index contributed by atoms with van der Waals surface area (Å²) in [5, 5.41) is 8.54. The molecule has 3 nitrogen and oxygen atoms in total. The van der Waals surface area contributed by atoms with Gasteiger partial charge in [-0.3, -0.25) is 0 Å². The fourth-order valence-electron chi connectivity index (χ4n) is 1.63. The van der Waals surface area contributed by atoms with Crippen LogP contribution >= 0.6 is 11.6 Å². The highest BCUT2D eigenvalue weighted by Crippen LogP contribution is 2.19. The lowest BCUT2D eigenvalue weighted by Gasteiger charge is -1.93. The molecule has 0 unspecified atom stereocenters. The fraction of sp³-hybridized carbons (Fsp3) is 0. The molecule has 0 amide bonds. The van der Waals surface area contributed by atoms with Crippen LogP contribution in [0.25, 0.3) is 11.5 Å². The van der Waals surface area contributed by atoms with E-state index in [1.165, 1.54) is 0 Å². The van der Waals surface area contributed by atoms with Gasteiger partial charge in [0.05, 0.1) is 0 Å². The average Bonchev–Trinajstić information content (AvgIpc) is 2.96. The lowest BCUT2D eigenvalue weighted by atomic mass is 10.2. The second kappa shape index (κ2) is 5.60. The van der Waals surface area contributed by atoms with Crippen molar-refractivity contribution in [3.8, 4) is 23.3 Å². The van der Waals surface area contributed by atoms with Crippen molar-refractivity contribution in [2.24, 2.45) is 0 Å². The van der Waals surface area contributed by atoms with Crippen molar-refractivity contribution in [3.05, 3.63) is 71.1 Å². The van der Waals surface area contributed by atoms with E-state index >= 15 is 0 Å². The van der Waals surface area contributed by atoms with Crippen LogP contribution < -0.4 is 0 Å². The van der Waals surface area contributed by atoms with Crippen LogP contribution in [0.4, 0.5) is 0 Å². The zero-order valence-electron chi connectivity index (χ0n) is 10.4. The largest absolute Gasteiger partial charge is 0.410 e. The predicted molar refractivity (Wildman–Crippen MR) is 77.2 cm³/mol. The van der Waals surface area contributed by atoms with E-state index in [0.717, 1.165) is 11.1 Å². The van der Waals surface area contributed by atoms with Crippen LogP contribution in [0.5, 0.6) is 0 Å². The lowest BCUT2D eigenvalue weighted by molar-refractivity contribution is 0.555. The first-order valence-corrected chi connectivity index (χ1v) is 6.35. The fourth-order valence-corrected chi connectivity index (χ4v) is 1.76. The maximum absolute atomic E-state index is 5.83. The molecule has 0 aliphatic carbocycles. The summed E-state index contributed by atoms with van der Waals surface area (Å²) in [6, 6.07) is 16.8. The van der Waals surface area contributed by atoms with Crippen molar-refractivity contribution in [2.75, 3.05) is 0 Å². The Bertz CT molecular complexity index is 767. The van der Waals surface area contributed by atoms with Gasteiger partial charge in [0.25, 0.3) is 5.89 Å². The monoisotopic (exact) mass is 280 g/mol. The van der Waals surface area contributed by atoms with Gasteiger partial charge in [0.2, 0.25) is 5.89 Å². The van der Waals surface area contributed by atoms with Crippen LogP contribution in [0.15, 0.2) is 59.0 Å². The molecule has 0 radical (unpaired) electrons.